The first-order valence-electron chi connectivity index (χ1n) is 11.7. The van der Waals surface area contributed by atoms with Gasteiger partial charge >= 0.3 is 0 Å². The van der Waals surface area contributed by atoms with E-state index in [1.807, 2.05) is 0 Å². The molecule has 7 nitrogen and oxygen atoms in total. The number of rotatable bonds is 9. The van der Waals surface area contributed by atoms with Crippen molar-refractivity contribution >= 4 is 39.1 Å². The first-order chi connectivity index (χ1) is 17.0. The third-order valence-corrected chi connectivity index (χ3v) is 7.61. The molecule has 2 amide bonds. The van der Waals surface area contributed by atoms with Gasteiger partial charge < -0.3 is 10.2 Å². The van der Waals surface area contributed by atoms with Gasteiger partial charge in [-0.1, -0.05) is 43.0 Å². The highest BCUT2D eigenvalue weighted by Gasteiger charge is 2.31. The number of benzene rings is 2. The van der Waals surface area contributed by atoms with E-state index in [9.17, 15) is 26.8 Å². The van der Waals surface area contributed by atoms with Crippen LogP contribution in [0.2, 0.25) is 5.02 Å². The summed E-state index contributed by atoms with van der Waals surface area (Å²) >= 11 is 6.09. The van der Waals surface area contributed by atoms with Crippen molar-refractivity contribution in [3.8, 4) is 0 Å². The maximum Gasteiger partial charge on any atom is 0.244 e. The van der Waals surface area contributed by atoms with Gasteiger partial charge in [0.25, 0.3) is 0 Å². The van der Waals surface area contributed by atoms with E-state index < -0.39 is 40.2 Å². The predicted molar refractivity (Wildman–Crippen MR) is 135 cm³/mol. The molecule has 0 saturated heterocycles. The van der Waals surface area contributed by atoms with E-state index in [4.69, 9.17) is 11.6 Å². The van der Waals surface area contributed by atoms with Crippen LogP contribution in [0, 0.1) is 11.6 Å². The van der Waals surface area contributed by atoms with Gasteiger partial charge in [-0.15, -0.1) is 0 Å². The van der Waals surface area contributed by atoms with Crippen molar-refractivity contribution in [3.05, 3.63) is 64.7 Å². The Morgan fingerprint density at radius 3 is 2.39 bits per heavy atom. The quantitative estimate of drug-likeness (QED) is 0.514. The zero-order chi connectivity index (χ0) is 26.5. The number of anilines is 1. The van der Waals surface area contributed by atoms with Crippen LogP contribution in [0.3, 0.4) is 0 Å². The fourth-order valence-electron chi connectivity index (χ4n) is 4.24. The van der Waals surface area contributed by atoms with Crippen molar-refractivity contribution in [2.75, 3.05) is 17.1 Å². The van der Waals surface area contributed by atoms with E-state index in [0.717, 1.165) is 50.5 Å². The molecule has 196 valence electrons. The molecule has 2 aromatic carbocycles. The lowest BCUT2D eigenvalue weighted by molar-refractivity contribution is -0.139. The Balaban J connectivity index is 1.88. The third-order valence-electron chi connectivity index (χ3n) is 6.23. The lowest BCUT2D eigenvalue weighted by Gasteiger charge is -2.33. The Morgan fingerprint density at radius 2 is 1.78 bits per heavy atom. The summed E-state index contributed by atoms with van der Waals surface area (Å²) in [5.41, 5.74) is 0.443. The van der Waals surface area contributed by atoms with E-state index in [-0.39, 0.29) is 24.2 Å². The number of carbonyl (C=O) groups is 2. The van der Waals surface area contributed by atoms with Crippen LogP contribution in [0.4, 0.5) is 14.5 Å². The van der Waals surface area contributed by atoms with Crippen LogP contribution < -0.4 is 9.62 Å². The Labute approximate surface area is 215 Å². The molecule has 2 aromatic rings. The average Bonchev–Trinajstić information content (AvgIpc) is 2.82. The van der Waals surface area contributed by atoms with Crippen LogP contribution in [0.15, 0.2) is 42.5 Å². The molecule has 1 saturated carbocycles. The second-order valence-electron chi connectivity index (χ2n) is 9.04. The SMILES string of the molecule is CC(C(=O)NC1CCCCC1)N(Cc1cccc(Cl)c1)C(=O)CN(c1ccc(F)c(F)c1)S(C)(=O)=O. The minimum Gasteiger partial charge on any atom is -0.352 e. The molecule has 1 unspecified atom stereocenters. The summed E-state index contributed by atoms with van der Waals surface area (Å²) in [6.45, 7) is 0.864. The number of nitrogens with one attached hydrogen (secondary N) is 1. The van der Waals surface area contributed by atoms with E-state index >= 15 is 0 Å². The van der Waals surface area contributed by atoms with E-state index in [1.54, 1.807) is 31.2 Å². The van der Waals surface area contributed by atoms with Gasteiger partial charge in [0.15, 0.2) is 11.6 Å². The molecular weight excluding hydrogens is 512 g/mol. The summed E-state index contributed by atoms with van der Waals surface area (Å²) in [5.74, 6) is -3.42. The lowest BCUT2D eigenvalue weighted by atomic mass is 9.95. The largest absolute Gasteiger partial charge is 0.352 e. The summed E-state index contributed by atoms with van der Waals surface area (Å²) in [5, 5.41) is 3.44. The van der Waals surface area contributed by atoms with Gasteiger partial charge in [0, 0.05) is 23.7 Å². The number of nitrogens with zero attached hydrogens (tertiary/aromatic N) is 2. The number of hydrogen-bond acceptors (Lipinski definition) is 4. The summed E-state index contributed by atoms with van der Waals surface area (Å²) in [7, 11) is -4.05. The molecule has 0 spiro atoms. The molecule has 0 bridgehead atoms. The molecule has 1 aliphatic rings. The maximum absolute atomic E-state index is 13.8. The van der Waals surface area contributed by atoms with Gasteiger partial charge in [0.1, 0.15) is 12.6 Å². The molecule has 1 fully saturated rings. The molecule has 1 aliphatic carbocycles. The van der Waals surface area contributed by atoms with Crippen LogP contribution in [0.1, 0.15) is 44.6 Å². The summed E-state index contributed by atoms with van der Waals surface area (Å²) < 4.78 is 53.0. The van der Waals surface area contributed by atoms with Gasteiger partial charge in [-0.3, -0.25) is 13.9 Å². The smallest absolute Gasteiger partial charge is 0.244 e. The van der Waals surface area contributed by atoms with Crippen LogP contribution in [-0.4, -0.2) is 50.0 Å². The first-order valence-corrected chi connectivity index (χ1v) is 14.0. The Morgan fingerprint density at radius 1 is 1.08 bits per heavy atom. The molecule has 3 rings (SSSR count). The molecule has 0 aromatic heterocycles. The van der Waals surface area contributed by atoms with Gasteiger partial charge in [0.2, 0.25) is 21.8 Å². The number of halogens is 3. The van der Waals surface area contributed by atoms with Crippen molar-refractivity contribution < 1.29 is 26.8 Å². The highest BCUT2D eigenvalue weighted by molar-refractivity contribution is 7.92. The number of sulfonamides is 1. The van der Waals surface area contributed by atoms with Gasteiger partial charge in [-0.2, -0.15) is 0 Å². The fourth-order valence-corrected chi connectivity index (χ4v) is 5.29. The number of hydrogen-bond donors (Lipinski definition) is 1. The van der Waals surface area contributed by atoms with Crippen molar-refractivity contribution in [2.24, 2.45) is 0 Å². The number of carbonyl (C=O) groups excluding carboxylic acids is 2. The van der Waals surface area contributed by atoms with Crippen LogP contribution in [0.5, 0.6) is 0 Å². The monoisotopic (exact) mass is 541 g/mol. The van der Waals surface area contributed by atoms with E-state index in [2.05, 4.69) is 5.32 Å². The van der Waals surface area contributed by atoms with Crippen LogP contribution in [-0.2, 0) is 26.2 Å². The Kier molecular flexibility index (Phi) is 9.30. The highest BCUT2D eigenvalue weighted by Crippen LogP contribution is 2.23. The molecule has 0 heterocycles. The lowest BCUT2D eigenvalue weighted by Crippen LogP contribution is -2.53. The van der Waals surface area contributed by atoms with Crippen LogP contribution in [0.25, 0.3) is 0 Å². The second kappa shape index (κ2) is 12.0. The molecule has 36 heavy (non-hydrogen) atoms. The third kappa shape index (κ3) is 7.39. The summed E-state index contributed by atoms with van der Waals surface area (Å²) in [6.07, 6.45) is 5.73. The molecule has 1 atom stereocenters. The van der Waals surface area contributed by atoms with Gasteiger partial charge in [0.05, 0.1) is 11.9 Å². The maximum atomic E-state index is 13.8. The molecule has 0 aliphatic heterocycles. The zero-order valence-electron chi connectivity index (χ0n) is 20.2. The molecule has 11 heteroatoms. The molecular formula is C25H30ClF2N3O4S. The summed E-state index contributed by atoms with van der Waals surface area (Å²) in [6, 6.07) is 8.44. The highest BCUT2D eigenvalue weighted by atomic mass is 35.5. The molecule has 0 radical (unpaired) electrons. The van der Waals surface area contributed by atoms with Crippen molar-refractivity contribution in [1.82, 2.24) is 10.2 Å². The van der Waals surface area contributed by atoms with E-state index in [0.29, 0.717) is 21.0 Å². The predicted octanol–water partition coefficient (Wildman–Crippen LogP) is 4.25. The minimum absolute atomic E-state index is 0.00593. The number of amides is 2. The Hall–Kier alpha value is -2.72. The van der Waals surface area contributed by atoms with Crippen molar-refractivity contribution in [3.63, 3.8) is 0 Å². The Bertz CT molecular complexity index is 1210. The normalized spacial score (nSPS) is 15.2. The first kappa shape index (κ1) is 27.9. The van der Waals surface area contributed by atoms with Crippen molar-refractivity contribution in [2.45, 2.75) is 57.7 Å². The average molecular weight is 542 g/mol. The van der Waals surface area contributed by atoms with Gasteiger partial charge in [-0.05, 0) is 49.6 Å². The van der Waals surface area contributed by atoms with Gasteiger partial charge in [-0.25, -0.2) is 17.2 Å². The fraction of sp³-hybridized carbons (Fsp3) is 0.440. The zero-order valence-corrected chi connectivity index (χ0v) is 21.8. The second-order valence-corrected chi connectivity index (χ2v) is 11.4. The van der Waals surface area contributed by atoms with Crippen LogP contribution >= 0.6 is 11.6 Å². The topological polar surface area (TPSA) is 86.8 Å². The summed E-state index contributed by atoms with van der Waals surface area (Å²) in [4.78, 5) is 27.9. The standard InChI is InChI=1S/C25H30ClF2N3O4S/c1-17(25(33)29-20-9-4-3-5-10-20)30(15-18-7-6-8-19(26)13-18)24(32)16-31(36(2,34)35)21-11-12-22(27)23(28)14-21/h6-8,11-14,17,20H,3-5,9-10,15-16H2,1-2H3,(H,29,33). The van der Waals surface area contributed by atoms with E-state index in [1.165, 1.54) is 4.90 Å². The minimum atomic E-state index is -4.05. The molecule has 1 N–H and O–H groups in total. The van der Waals surface area contributed by atoms with Crippen molar-refractivity contribution in [1.29, 1.82) is 0 Å².